The normalized spacial score (nSPS) is 10.6. The number of aromatic nitrogens is 1. The zero-order valence-corrected chi connectivity index (χ0v) is 14.6. The Morgan fingerprint density at radius 1 is 1.36 bits per heavy atom. The van der Waals surface area contributed by atoms with Crippen LogP contribution in [-0.2, 0) is 11.3 Å². The fourth-order valence-electron chi connectivity index (χ4n) is 1.96. The molecule has 2 rings (SSSR count). The lowest BCUT2D eigenvalue weighted by molar-refractivity contribution is 0.145. The first-order valence-electron chi connectivity index (χ1n) is 6.80. The number of anilines is 1. The van der Waals surface area contributed by atoms with Crippen molar-refractivity contribution in [3.05, 3.63) is 57.8 Å². The molecule has 6 heteroatoms. The number of hydrogen-bond acceptors (Lipinski definition) is 3. The van der Waals surface area contributed by atoms with Crippen molar-refractivity contribution in [1.82, 2.24) is 4.98 Å². The number of halogens is 2. The van der Waals surface area contributed by atoms with E-state index in [2.05, 4.69) is 20.9 Å². The smallest absolute Gasteiger partial charge is 0.414 e. The van der Waals surface area contributed by atoms with Crippen LogP contribution in [0.1, 0.15) is 19.4 Å². The van der Waals surface area contributed by atoms with Crippen molar-refractivity contribution >= 4 is 39.3 Å². The number of carbonyl (C=O) groups is 1. The number of ether oxygens (including phenoxy) is 1. The van der Waals surface area contributed by atoms with E-state index in [1.807, 2.05) is 44.2 Å². The fraction of sp³-hybridized carbons (Fsp3) is 0.250. The van der Waals surface area contributed by atoms with E-state index in [-0.39, 0.29) is 17.8 Å². The highest BCUT2D eigenvalue weighted by Crippen LogP contribution is 2.29. The second kappa shape index (κ2) is 7.61. The van der Waals surface area contributed by atoms with E-state index in [1.165, 1.54) is 4.90 Å². The number of benzene rings is 1. The first kappa shape index (κ1) is 16.8. The Hall–Kier alpha value is -1.59. The van der Waals surface area contributed by atoms with Crippen molar-refractivity contribution in [2.45, 2.75) is 26.5 Å². The van der Waals surface area contributed by atoms with Crippen LogP contribution in [0.2, 0.25) is 5.15 Å². The molecule has 1 heterocycles. The van der Waals surface area contributed by atoms with Gasteiger partial charge < -0.3 is 4.74 Å². The van der Waals surface area contributed by atoms with Gasteiger partial charge in [-0.05, 0) is 41.4 Å². The third kappa shape index (κ3) is 4.21. The van der Waals surface area contributed by atoms with Crippen molar-refractivity contribution in [3.8, 4) is 0 Å². The average molecular weight is 384 g/mol. The molecule has 0 bridgehead atoms. The number of nitrogens with zero attached hydrogens (tertiary/aromatic N) is 2. The zero-order chi connectivity index (χ0) is 16.1. The molecule has 0 fully saturated rings. The first-order chi connectivity index (χ1) is 10.5. The van der Waals surface area contributed by atoms with Crippen LogP contribution < -0.4 is 4.90 Å². The summed E-state index contributed by atoms with van der Waals surface area (Å²) in [6, 6.07) is 11.2. The quantitative estimate of drug-likeness (QED) is 0.694. The van der Waals surface area contributed by atoms with Gasteiger partial charge in [0.2, 0.25) is 0 Å². The Morgan fingerprint density at radius 2 is 2.05 bits per heavy atom. The van der Waals surface area contributed by atoms with E-state index < -0.39 is 6.09 Å². The fourth-order valence-corrected chi connectivity index (χ4v) is 2.47. The van der Waals surface area contributed by atoms with Crippen molar-refractivity contribution in [1.29, 1.82) is 0 Å². The predicted molar refractivity (Wildman–Crippen MR) is 91.2 cm³/mol. The second-order valence-corrected chi connectivity index (χ2v) is 6.24. The molecule has 1 amide bonds. The van der Waals surface area contributed by atoms with E-state index in [4.69, 9.17) is 16.3 Å². The summed E-state index contributed by atoms with van der Waals surface area (Å²) in [5.41, 5.74) is 1.45. The SMILES string of the molecule is CC(C)N(C(=O)OCc1ccccc1)c1cc(Br)cnc1Cl. The molecule has 0 aliphatic heterocycles. The highest BCUT2D eigenvalue weighted by atomic mass is 79.9. The monoisotopic (exact) mass is 382 g/mol. The number of hydrogen-bond donors (Lipinski definition) is 0. The van der Waals surface area contributed by atoms with Crippen molar-refractivity contribution in [2.75, 3.05) is 4.90 Å². The summed E-state index contributed by atoms with van der Waals surface area (Å²) in [4.78, 5) is 18.0. The molecule has 0 atom stereocenters. The number of amides is 1. The zero-order valence-electron chi connectivity index (χ0n) is 12.3. The Balaban J connectivity index is 2.17. The van der Waals surface area contributed by atoms with Gasteiger partial charge in [-0.15, -0.1) is 0 Å². The molecule has 22 heavy (non-hydrogen) atoms. The van der Waals surface area contributed by atoms with E-state index in [9.17, 15) is 4.79 Å². The van der Waals surface area contributed by atoms with E-state index in [0.717, 1.165) is 10.0 Å². The van der Waals surface area contributed by atoms with Crippen molar-refractivity contribution < 1.29 is 9.53 Å². The van der Waals surface area contributed by atoms with Gasteiger partial charge in [0.25, 0.3) is 0 Å². The summed E-state index contributed by atoms with van der Waals surface area (Å²) in [6.45, 7) is 3.99. The summed E-state index contributed by atoms with van der Waals surface area (Å²) >= 11 is 9.45. The third-order valence-electron chi connectivity index (χ3n) is 2.96. The van der Waals surface area contributed by atoms with Gasteiger partial charge >= 0.3 is 6.09 Å². The summed E-state index contributed by atoms with van der Waals surface area (Å²) in [5, 5.41) is 0.258. The predicted octanol–water partition coefficient (Wildman–Crippen LogP) is 5.05. The Bertz CT molecular complexity index is 650. The van der Waals surface area contributed by atoms with Crippen LogP contribution in [0.4, 0.5) is 10.5 Å². The number of carbonyl (C=O) groups excluding carboxylic acids is 1. The van der Waals surface area contributed by atoms with Crippen LogP contribution in [0.15, 0.2) is 47.1 Å². The average Bonchev–Trinajstić information content (AvgIpc) is 2.49. The van der Waals surface area contributed by atoms with E-state index in [1.54, 1.807) is 12.3 Å². The highest BCUT2D eigenvalue weighted by molar-refractivity contribution is 9.10. The van der Waals surface area contributed by atoms with Crippen LogP contribution in [0, 0.1) is 0 Å². The van der Waals surface area contributed by atoms with Gasteiger partial charge in [-0.2, -0.15) is 0 Å². The summed E-state index contributed by atoms with van der Waals surface area (Å²) in [7, 11) is 0. The molecule has 0 saturated carbocycles. The second-order valence-electron chi connectivity index (χ2n) is 4.97. The maximum absolute atomic E-state index is 12.4. The van der Waals surface area contributed by atoms with Gasteiger partial charge in [-0.3, -0.25) is 4.90 Å². The molecular weight excluding hydrogens is 368 g/mol. The lowest BCUT2D eigenvalue weighted by Crippen LogP contribution is -2.37. The molecular formula is C16H16BrClN2O2. The molecule has 1 aromatic carbocycles. The summed E-state index contributed by atoms with van der Waals surface area (Å²) < 4.78 is 6.13. The number of pyridine rings is 1. The van der Waals surface area contributed by atoms with Gasteiger partial charge in [-0.1, -0.05) is 41.9 Å². The third-order valence-corrected chi connectivity index (χ3v) is 3.69. The minimum absolute atomic E-state index is 0.114. The van der Waals surface area contributed by atoms with Crippen LogP contribution in [0.3, 0.4) is 0 Å². The Labute approximate surface area is 143 Å². The largest absolute Gasteiger partial charge is 0.444 e. The molecule has 4 nitrogen and oxygen atoms in total. The molecule has 0 spiro atoms. The molecule has 0 aliphatic rings. The minimum atomic E-state index is -0.458. The maximum atomic E-state index is 12.4. The van der Waals surface area contributed by atoms with Crippen molar-refractivity contribution in [2.24, 2.45) is 0 Å². The molecule has 0 aliphatic carbocycles. The summed E-state index contributed by atoms with van der Waals surface area (Å²) in [6.07, 6.45) is 1.13. The Morgan fingerprint density at radius 3 is 2.68 bits per heavy atom. The van der Waals surface area contributed by atoms with E-state index in [0.29, 0.717) is 5.69 Å². The lowest BCUT2D eigenvalue weighted by Gasteiger charge is -2.26. The molecule has 116 valence electrons. The van der Waals surface area contributed by atoms with E-state index >= 15 is 0 Å². The standard InChI is InChI=1S/C16H16BrClN2O2/c1-11(2)20(14-8-13(17)9-19-15(14)18)16(21)22-10-12-6-4-3-5-7-12/h3-9,11H,10H2,1-2H3. The first-order valence-corrected chi connectivity index (χ1v) is 7.97. The Kier molecular flexibility index (Phi) is 5.80. The van der Waals surface area contributed by atoms with Gasteiger partial charge in [0.1, 0.15) is 6.61 Å². The van der Waals surface area contributed by atoms with Crippen LogP contribution in [0.5, 0.6) is 0 Å². The molecule has 0 radical (unpaired) electrons. The summed E-state index contributed by atoms with van der Waals surface area (Å²) in [5.74, 6) is 0. The molecule has 0 unspecified atom stereocenters. The van der Waals surface area contributed by atoms with Crippen LogP contribution in [0.25, 0.3) is 0 Å². The molecule has 2 aromatic rings. The van der Waals surface area contributed by atoms with Crippen molar-refractivity contribution in [3.63, 3.8) is 0 Å². The number of rotatable bonds is 4. The molecule has 0 saturated heterocycles. The highest BCUT2D eigenvalue weighted by Gasteiger charge is 2.23. The minimum Gasteiger partial charge on any atom is -0.444 e. The van der Waals surface area contributed by atoms with Crippen LogP contribution >= 0.6 is 27.5 Å². The topological polar surface area (TPSA) is 42.4 Å². The van der Waals surface area contributed by atoms with Gasteiger partial charge in [0.05, 0.1) is 5.69 Å². The van der Waals surface area contributed by atoms with Gasteiger partial charge in [-0.25, -0.2) is 9.78 Å². The van der Waals surface area contributed by atoms with Crippen LogP contribution in [-0.4, -0.2) is 17.1 Å². The maximum Gasteiger partial charge on any atom is 0.414 e. The molecule has 0 N–H and O–H groups in total. The lowest BCUT2D eigenvalue weighted by atomic mass is 10.2. The molecule has 1 aromatic heterocycles. The van der Waals surface area contributed by atoms with Gasteiger partial charge in [0.15, 0.2) is 5.15 Å². The van der Waals surface area contributed by atoms with Gasteiger partial charge in [0, 0.05) is 16.7 Å².